The number of likely N-dealkylation sites (tertiary alicyclic amines) is 1. The number of ether oxygens (including phenoxy) is 1. The summed E-state index contributed by atoms with van der Waals surface area (Å²) in [6.45, 7) is 2.16. The Labute approximate surface area is 127 Å². The normalized spacial score (nSPS) is 28.1. The molecule has 3 rings (SSSR count). The number of hydrogen-bond donors (Lipinski definition) is 0. The van der Waals surface area contributed by atoms with Crippen LogP contribution in [0.2, 0.25) is 0 Å². The van der Waals surface area contributed by atoms with Crippen molar-refractivity contribution in [1.29, 1.82) is 0 Å². The fourth-order valence-corrected chi connectivity index (χ4v) is 4.04. The first-order valence-electron chi connectivity index (χ1n) is 8.28. The molecular formula is C18H26FNO. The lowest BCUT2D eigenvalue weighted by atomic mass is 9.87. The smallest absolute Gasteiger partial charge is 0.126 e. The van der Waals surface area contributed by atoms with Gasteiger partial charge in [0.05, 0.1) is 6.10 Å². The van der Waals surface area contributed by atoms with Gasteiger partial charge in [-0.05, 0) is 49.8 Å². The van der Waals surface area contributed by atoms with Crippen molar-refractivity contribution in [2.75, 3.05) is 20.2 Å². The molecule has 2 aliphatic rings. The summed E-state index contributed by atoms with van der Waals surface area (Å²) < 4.78 is 19.6. The van der Waals surface area contributed by atoms with Crippen molar-refractivity contribution >= 4 is 0 Å². The van der Waals surface area contributed by atoms with Crippen LogP contribution in [-0.2, 0) is 11.2 Å². The van der Waals surface area contributed by atoms with E-state index >= 15 is 0 Å². The Bertz CT molecular complexity index is 458. The van der Waals surface area contributed by atoms with Crippen LogP contribution in [0.5, 0.6) is 0 Å². The van der Waals surface area contributed by atoms with E-state index in [2.05, 4.69) is 4.90 Å². The van der Waals surface area contributed by atoms with Crippen molar-refractivity contribution in [3.8, 4) is 0 Å². The molecule has 1 saturated carbocycles. The van der Waals surface area contributed by atoms with Gasteiger partial charge in [0.1, 0.15) is 5.82 Å². The highest BCUT2D eigenvalue weighted by molar-refractivity contribution is 5.18. The Morgan fingerprint density at radius 3 is 2.67 bits per heavy atom. The second kappa shape index (κ2) is 6.89. The first-order valence-corrected chi connectivity index (χ1v) is 8.28. The molecule has 1 saturated heterocycles. The molecule has 116 valence electrons. The molecule has 1 aromatic carbocycles. The molecule has 3 heteroatoms. The summed E-state index contributed by atoms with van der Waals surface area (Å²) in [5.74, 6) is 0.357. The molecule has 0 N–H and O–H groups in total. The van der Waals surface area contributed by atoms with Gasteiger partial charge in [0.2, 0.25) is 0 Å². The number of halogens is 1. The monoisotopic (exact) mass is 291 g/mol. The maximum absolute atomic E-state index is 13.8. The van der Waals surface area contributed by atoms with Gasteiger partial charge in [-0.2, -0.15) is 0 Å². The number of rotatable bonds is 4. The molecule has 1 heterocycles. The van der Waals surface area contributed by atoms with Crippen LogP contribution >= 0.6 is 0 Å². The maximum Gasteiger partial charge on any atom is 0.126 e. The van der Waals surface area contributed by atoms with Gasteiger partial charge < -0.3 is 4.74 Å². The lowest BCUT2D eigenvalue weighted by Gasteiger charge is -2.40. The van der Waals surface area contributed by atoms with Crippen molar-refractivity contribution in [3.63, 3.8) is 0 Å². The topological polar surface area (TPSA) is 12.5 Å². The third-order valence-electron chi connectivity index (χ3n) is 5.31. The Morgan fingerprint density at radius 2 is 1.95 bits per heavy atom. The van der Waals surface area contributed by atoms with Crippen LogP contribution in [0.1, 0.15) is 37.7 Å². The predicted molar refractivity (Wildman–Crippen MR) is 82.8 cm³/mol. The molecule has 2 fully saturated rings. The Balaban J connectivity index is 1.63. The highest BCUT2D eigenvalue weighted by Crippen LogP contribution is 2.30. The van der Waals surface area contributed by atoms with Crippen LogP contribution in [0.25, 0.3) is 0 Å². The van der Waals surface area contributed by atoms with Crippen LogP contribution < -0.4 is 0 Å². The van der Waals surface area contributed by atoms with Gasteiger partial charge in [0, 0.05) is 19.7 Å². The summed E-state index contributed by atoms with van der Waals surface area (Å²) in [5.41, 5.74) is 0.832. The number of benzene rings is 1. The van der Waals surface area contributed by atoms with Crippen LogP contribution in [0, 0.1) is 11.7 Å². The summed E-state index contributed by atoms with van der Waals surface area (Å²) in [6.07, 6.45) is 7.57. The van der Waals surface area contributed by atoms with E-state index in [1.807, 2.05) is 12.1 Å². The van der Waals surface area contributed by atoms with E-state index in [0.29, 0.717) is 5.92 Å². The maximum atomic E-state index is 13.8. The van der Waals surface area contributed by atoms with Gasteiger partial charge in [0.15, 0.2) is 0 Å². The molecule has 2 nitrogen and oxygen atoms in total. The molecular weight excluding hydrogens is 265 g/mol. The van der Waals surface area contributed by atoms with E-state index in [1.54, 1.807) is 19.2 Å². The molecule has 0 unspecified atom stereocenters. The van der Waals surface area contributed by atoms with Gasteiger partial charge in [-0.15, -0.1) is 0 Å². The quantitative estimate of drug-likeness (QED) is 0.839. The van der Waals surface area contributed by atoms with Crippen LogP contribution in [-0.4, -0.2) is 37.2 Å². The minimum absolute atomic E-state index is 0.0782. The van der Waals surface area contributed by atoms with Crippen molar-refractivity contribution in [1.82, 2.24) is 4.90 Å². The summed E-state index contributed by atoms with van der Waals surface area (Å²) >= 11 is 0. The summed E-state index contributed by atoms with van der Waals surface area (Å²) in [4.78, 5) is 2.61. The van der Waals surface area contributed by atoms with Crippen molar-refractivity contribution < 1.29 is 9.13 Å². The third-order valence-corrected chi connectivity index (χ3v) is 5.31. The number of piperidine rings is 1. The zero-order valence-electron chi connectivity index (χ0n) is 12.9. The van der Waals surface area contributed by atoms with Crippen molar-refractivity contribution in [3.05, 3.63) is 35.6 Å². The second-order valence-electron chi connectivity index (χ2n) is 6.55. The first kappa shape index (κ1) is 15.0. The summed E-state index contributed by atoms with van der Waals surface area (Å²) in [5, 5.41) is 0. The molecule has 0 radical (unpaired) electrons. The van der Waals surface area contributed by atoms with E-state index in [9.17, 15) is 4.39 Å². The molecule has 21 heavy (non-hydrogen) atoms. The molecule has 1 aromatic rings. The molecule has 0 bridgehead atoms. The number of hydrogen-bond acceptors (Lipinski definition) is 2. The van der Waals surface area contributed by atoms with Gasteiger partial charge in [-0.3, -0.25) is 4.90 Å². The third kappa shape index (κ3) is 3.46. The number of nitrogens with zero attached hydrogens (tertiary/aromatic N) is 1. The fraction of sp³-hybridized carbons (Fsp3) is 0.667. The Hall–Kier alpha value is -0.930. The van der Waals surface area contributed by atoms with Crippen LogP contribution in [0.15, 0.2) is 24.3 Å². The lowest BCUT2D eigenvalue weighted by molar-refractivity contribution is -0.0239. The van der Waals surface area contributed by atoms with E-state index in [-0.39, 0.29) is 11.9 Å². The van der Waals surface area contributed by atoms with E-state index in [1.165, 1.54) is 25.7 Å². The molecule has 0 amide bonds. The van der Waals surface area contributed by atoms with Crippen LogP contribution in [0.4, 0.5) is 4.39 Å². The first-order chi connectivity index (χ1) is 10.3. The molecule has 0 aromatic heterocycles. The Kier molecular flexibility index (Phi) is 4.91. The molecule has 1 aliphatic carbocycles. The van der Waals surface area contributed by atoms with Crippen molar-refractivity contribution in [2.24, 2.45) is 5.92 Å². The van der Waals surface area contributed by atoms with E-state index in [4.69, 9.17) is 4.74 Å². The highest BCUT2D eigenvalue weighted by atomic mass is 19.1. The minimum atomic E-state index is -0.0782. The van der Waals surface area contributed by atoms with Gasteiger partial charge >= 0.3 is 0 Å². The average molecular weight is 291 g/mol. The summed E-state index contributed by atoms with van der Waals surface area (Å²) in [6, 6.07) is 7.91. The predicted octanol–water partition coefficient (Wildman–Crippen LogP) is 3.65. The van der Waals surface area contributed by atoms with E-state index in [0.717, 1.165) is 37.5 Å². The van der Waals surface area contributed by atoms with Gasteiger partial charge in [0.25, 0.3) is 0 Å². The molecule has 2 atom stereocenters. The largest absolute Gasteiger partial charge is 0.380 e. The van der Waals surface area contributed by atoms with Crippen LogP contribution in [0.3, 0.4) is 0 Å². The SMILES string of the molecule is CO[C@@H]1CN(C2CCCC2)CC[C@@H]1Cc1ccccc1F. The molecule has 1 aliphatic heterocycles. The highest BCUT2D eigenvalue weighted by Gasteiger charge is 2.33. The zero-order chi connectivity index (χ0) is 14.7. The number of methoxy groups -OCH3 is 1. The minimum Gasteiger partial charge on any atom is -0.380 e. The molecule has 0 spiro atoms. The van der Waals surface area contributed by atoms with Crippen molar-refractivity contribution in [2.45, 2.75) is 50.7 Å². The standard InChI is InChI=1S/C18H26FNO/c1-21-18-13-20(16-7-3-4-8-16)11-10-15(18)12-14-6-2-5-9-17(14)19/h2,5-6,9,15-16,18H,3-4,7-8,10-13H2,1H3/t15-,18-/m1/s1. The van der Waals surface area contributed by atoms with Gasteiger partial charge in [-0.25, -0.2) is 4.39 Å². The fourth-order valence-electron chi connectivity index (χ4n) is 4.04. The summed E-state index contributed by atoms with van der Waals surface area (Å²) in [7, 11) is 1.80. The Morgan fingerprint density at radius 1 is 1.19 bits per heavy atom. The average Bonchev–Trinajstić information content (AvgIpc) is 3.04. The zero-order valence-corrected chi connectivity index (χ0v) is 12.9. The lowest BCUT2D eigenvalue weighted by Crippen LogP contribution is -2.49. The second-order valence-corrected chi connectivity index (χ2v) is 6.55. The van der Waals surface area contributed by atoms with E-state index < -0.39 is 0 Å². The van der Waals surface area contributed by atoms with Gasteiger partial charge in [-0.1, -0.05) is 31.0 Å².